The lowest BCUT2D eigenvalue weighted by atomic mass is 9.70. The number of benzene rings is 3. The number of imidazole rings is 1. The molecular formula is C37H42N4O3. The van der Waals surface area contributed by atoms with Gasteiger partial charge in [0, 0.05) is 36.8 Å². The Balaban J connectivity index is 1.07. The van der Waals surface area contributed by atoms with Crippen LogP contribution in [0.5, 0.6) is 0 Å². The van der Waals surface area contributed by atoms with Crippen molar-refractivity contribution in [3.63, 3.8) is 0 Å². The highest BCUT2D eigenvalue weighted by Crippen LogP contribution is 2.45. The van der Waals surface area contributed by atoms with Crippen LogP contribution in [0.2, 0.25) is 0 Å². The molecule has 0 aliphatic carbocycles. The average Bonchev–Trinajstić information content (AvgIpc) is 3.50. The van der Waals surface area contributed by atoms with Crippen molar-refractivity contribution in [2.24, 2.45) is 0 Å². The zero-order valence-corrected chi connectivity index (χ0v) is 25.8. The average molecular weight is 591 g/mol. The van der Waals surface area contributed by atoms with Crippen molar-refractivity contribution in [3.8, 4) is 0 Å². The molecule has 2 atom stereocenters. The van der Waals surface area contributed by atoms with Gasteiger partial charge in [-0.2, -0.15) is 0 Å². The Morgan fingerprint density at radius 3 is 2.30 bits per heavy atom. The molecule has 0 saturated carbocycles. The summed E-state index contributed by atoms with van der Waals surface area (Å²) in [6, 6.07) is 25.6. The fourth-order valence-corrected chi connectivity index (χ4v) is 8.55. The van der Waals surface area contributed by atoms with E-state index in [0.717, 1.165) is 37.1 Å². The highest BCUT2D eigenvalue weighted by atomic mass is 16.4. The number of nitrogens with zero attached hydrogens (tertiary/aromatic N) is 4. The molecule has 1 N–H and O–H groups in total. The van der Waals surface area contributed by atoms with Crippen molar-refractivity contribution in [2.75, 3.05) is 19.6 Å². The lowest BCUT2D eigenvalue weighted by Crippen LogP contribution is -2.49. The third-order valence-corrected chi connectivity index (χ3v) is 10.8. The number of aromatic carboxylic acids is 1. The molecule has 3 aromatic carbocycles. The van der Waals surface area contributed by atoms with Crippen LogP contribution in [0, 0.1) is 13.8 Å². The summed E-state index contributed by atoms with van der Waals surface area (Å²) >= 11 is 0. The monoisotopic (exact) mass is 590 g/mol. The van der Waals surface area contributed by atoms with Gasteiger partial charge in [-0.25, -0.2) is 9.78 Å². The first kappa shape index (κ1) is 28.8. The van der Waals surface area contributed by atoms with Gasteiger partial charge in [0.25, 0.3) is 5.91 Å². The molecule has 2 bridgehead atoms. The first-order chi connectivity index (χ1) is 21.3. The van der Waals surface area contributed by atoms with Crippen LogP contribution in [0.1, 0.15) is 88.7 Å². The second kappa shape index (κ2) is 11.5. The minimum absolute atomic E-state index is 0.0130. The molecule has 0 radical (unpaired) electrons. The van der Waals surface area contributed by atoms with E-state index in [4.69, 9.17) is 4.98 Å². The largest absolute Gasteiger partial charge is 0.478 e. The maximum Gasteiger partial charge on any atom is 0.335 e. The summed E-state index contributed by atoms with van der Waals surface area (Å²) in [7, 11) is 0. The van der Waals surface area contributed by atoms with Gasteiger partial charge < -0.3 is 14.6 Å². The highest BCUT2D eigenvalue weighted by molar-refractivity contribution is 5.97. The molecule has 1 amide bonds. The molecule has 1 aromatic heterocycles. The second-order valence-electron chi connectivity index (χ2n) is 13.3. The van der Waals surface area contributed by atoms with Crippen molar-refractivity contribution in [3.05, 3.63) is 101 Å². The summed E-state index contributed by atoms with van der Waals surface area (Å²) in [5, 5.41) is 9.41. The number of hydrogen-bond acceptors (Lipinski definition) is 4. The van der Waals surface area contributed by atoms with E-state index in [1.807, 2.05) is 4.90 Å². The fourth-order valence-electron chi connectivity index (χ4n) is 8.55. The highest BCUT2D eigenvalue weighted by Gasteiger charge is 2.44. The number of amides is 1. The van der Waals surface area contributed by atoms with E-state index in [0.29, 0.717) is 36.8 Å². The maximum absolute atomic E-state index is 13.4. The van der Waals surface area contributed by atoms with Gasteiger partial charge in [0.15, 0.2) is 0 Å². The molecule has 7 nitrogen and oxygen atoms in total. The van der Waals surface area contributed by atoms with Gasteiger partial charge in [-0.05, 0) is 107 Å². The van der Waals surface area contributed by atoms with Crippen LogP contribution in [0.15, 0.2) is 72.8 Å². The number of aromatic nitrogens is 2. The van der Waals surface area contributed by atoms with E-state index in [-0.39, 0.29) is 16.9 Å². The van der Waals surface area contributed by atoms with Crippen molar-refractivity contribution >= 4 is 22.9 Å². The number of carboxylic acids is 1. The lowest BCUT2D eigenvalue weighted by molar-refractivity contribution is 0.0607. The number of rotatable bonds is 7. The van der Waals surface area contributed by atoms with Crippen molar-refractivity contribution in [2.45, 2.75) is 82.3 Å². The number of carboxylic acid groups (broad SMARTS) is 1. The molecule has 7 rings (SSSR count). The molecule has 3 saturated heterocycles. The van der Waals surface area contributed by atoms with Gasteiger partial charge in [-0.1, -0.05) is 48.0 Å². The van der Waals surface area contributed by atoms with Crippen molar-refractivity contribution in [1.82, 2.24) is 19.4 Å². The van der Waals surface area contributed by atoms with Gasteiger partial charge >= 0.3 is 5.97 Å². The van der Waals surface area contributed by atoms with Crippen LogP contribution in [0.4, 0.5) is 0 Å². The smallest absolute Gasteiger partial charge is 0.335 e. The number of likely N-dealkylation sites (tertiary alicyclic amines) is 1. The summed E-state index contributed by atoms with van der Waals surface area (Å²) in [5.74, 6) is 0.0371. The Morgan fingerprint density at radius 1 is 0.864 bits per heavy atom. The number of carbonyl (C=O) groups is 2. The summed E-state index contributed by atoms with van der Waals surface area (Å²) in [6.45, 7) is 6.74. The number of aryl methyl sites for hydroxylation is 2. The standard InChI is InChI=1S/C37H42N4O3/c1-25-7-5-10-29(21-25)37(15-18-39(19-16-37)35(42)27-8-6-9-28(22-27)36(43)44)17-20-40-30-13-14-31(40)24-32(23-30)41-26(2)38-33-11-3-4-12-34(33)41/h3-12,21-22,30-32H,13-20,23-24H2,1-2H3,(H,43,44). The zero-order valence-electron chi connectivity index (χ0n) is 25.8. The van der Waals surface area contributed by atoms with E-state index in [9.17, 15) is 14.7 Å². The van der Waals surface area contributed by atoms with Gasteiger partial charge in [-0.3, -0.25) is 9.69 Å². The van der Waals surface area contributed by atoms with Crippen LogP contribution in [0.3, 0.4) is 0 Å². The Bertz CT molecular complexity index is 1690. The SMILES string of the molecule is Cc1cccc(C2(CCN3C4CCC3CC(n3c(C)nc5ccccc53)C4)CCN(C(=O)c3cccc(C(=O)O)c3)CC2)c1. The first-order valence-electron chi connectivity index (χ1n) is 16.2. The van der Waals surface area contributed by atoms with E-state index >= 15 is 0 Å². The number of hydrogen-bond donors (Lipinski definition) is 1. The Morgan fingerprint density at radius 2 is 1.57 bits per heavy atom. The molecule has 3 aliphatic rings. The quantitative estimate of drug-likeness (QED) is 0.257. The van der Waals surface area contributed by atoms with E-state index in [1.165, 1.54) is 54.5 Å². The van der Waals surface area contributed by atoms with E-state index in [1.54, 1.807) is 12.1 Å². The van der Waals surface area contributed by atoms with Crippen molar-refractivity contribution < 1.29 is 14.7 Å². The Kier molecular flexibility index (Phi) is 7.53. The van der Waals surface area contributed by atoms with Crippen LogP contribution < -0.4 is 0 Å². The third-order valence-electron chi connectivity index (χ3n) is 10.8. The second-order valence-corrected chi connectivity index (χ2v) is 13.3. The molecule has 228 valence electrons. The summed E-state index contributed by atoms with van der Waals surface area (Å²) in [6.07, 6.45) is 7.78. The number of carbonyl (C=O) groups excluding carboxylic acids is 1. The van der Waals surface area contributed by atoms with Gasteiger partial charge in [-0.15, -0.1) is 0 Å². The van der Waals surface area contributed by atoms with E-state index in [2.05, 4.69) is 71.8 Å². The van der Waals surface area contributed by atoms with Crippen molar-refractivity contribution in [1.29, 1.82) is 0 Å². The Hall–Kier alpha value is -3.97. The van der Waals surface area contributed by atoms with Crippen LogP contribution >= 0.6 is 0 Å². The molecule has 4 aromatic rings. The van der Waals surface area contributed by atoms with Crippen LogP contribution in [-0.4, -0.2) is 68.1 Å². The molecule has 44 heavy (non-hydrogen) atoms. The first-order valence-corrected chi connectivity index (χ1v) is 16.2. The van der Waals surface area contributed by atoms with Crippen LogP contribution in [0.25, 0.3) is 11.0 Å². The summed E-state index contributed by atoms with van der Waals surface area (Å²) < 4.78 is 2.51. The molecule has 4 heterocycles. The molecular weight excluding hydrogens is 548 g/mol. The van der Waals surface area contributed by atoms with Gasteiger partial charge in [0.2, 0.25) is 0 Å². The molecule has 3 fully saturated rings. The maximum atomic E-state index is 13.4. The topological polar surface area (TPSA) is 78.7 Å². The predicted octanol–water partition coefficient (Wildman–Crippen LogP) is 6.78. The van der Waals surface area contributed by atoms with E-state index < -0.39 is 5.97 Å². The van der Waals surface area contributed by atoms with Crippen LogP contribution in [-0.2, 0) is 5.41 Å². The molecule has 0 spiro atoms. The molecule has 3 aliphatic heterocycles. The minimum Gasteiger partial charge on any atom is -0.478 e. The summed E-state index contributed by atoms with van der Waals surface area (Å²) in [4.78, 5) is 34.5. The zero-order chi connectivity index (χ0) is 30.4. The third kappa shape index (κ3) is 5.21. The summed E-state index contributed by atoms with van der Waals surface area (Å²) in [5.41, 5.74) is 5.63. The lowest BCUT2D eigenvalue weighted by Gasteiger charge is -2.46. The number of para-hydroxylation sites is 2. The molecule has 7 heteroatoms. The fraction of sp³-hybridized carbons (Fsp3) is 0.432. The van der Waals surface area contributed by atoms with Gasteiger partial charge in [0.05, 0.1) is 16.6 Å². The number of fused-ring (bicyclic) bond motifs is 3. The number of piperidine rings is 2. The molecule has 2 unspecified atom stereocenters. The minimum atomic E-state index is -1.01. The van der Waals surface area contributed by atoms with Gasteiger partial charge in [0.1, 0.15) is 5.82 Å². The Labute approximate surface area is 259 Å². The normalized spacial score (nSPS) is 23.2. The predicted molar refractivity (Wildman–Crippen MR) is 172 cm³/mol.